The zero-order valence-corrected chi connectivity index (χ0v) is 30.0. The Kier molecular flexibility index (Phi) is 6.55. The molecule has 0 aliphatic carbocycles. The second-order valence-electron chi connectivity index (χ2n) is 14.6. The van der Waals surface area contributed by atoms with E-state index in [0.717, 1.165) is 12.1 Å². The first-order valence-corrected chi connectivity index (χ1v) is 18.6. The Morgan fingerprint density at radius 2 is 0.845 bits per heavy atom. The minimum atomic E-state index is -4.99. The average molecular weight is 769 g/mol. The highest BCUT2D eigenvalue weighted by Gasteiger charge is 2.40. The van der Waals surface area contributed by atoms with Gasteiger partial charge in [0.25, 0.3) is 0 Å². The highest BCUT2D eigenvalue weighted by molar-refractivity contribution is 6.26. The maximum absolute atomic E-state index is 16.6. The van der Waals surface area contributed by atoms with Gasteiger partial charge in [-0.3, -0.25) is 0 Å². The molecule has 0 bridgehead atoms. The summed E-state index contributed by atoms with van der Waals surface area (Å²) in [7, 11) is 0. The molecule has 0 atom stereocenters. The summed E-state index contributed by atoms with van der Waals surface area (Å²) in [6, 6.07) is 42.6. The fourth-order valence-electron chi connectivity index (χ4n) is 9.20. The summed E-state index contributed by atoms with van der Waals surface area (Å²) < 4.78 is 97.5. The van der Waals surface area contributed by atoms with Crippen molar-refractivity contribution in [1.29, 1.82) is 0 Å². The molecule has 0 aliphatic heterocycles. The molecule has 4 heterocycles. The van der Waals surface area contributed by atoms with Crippen LogP contribution < -0.4 is 0 Å². The van der Waals surface area contributed by atoms with Crippen LogP contribution in [0.1, 0.15) is 5.56 Å². The molecule has 0 unspecified atom stereocenters. The van der Waals surface area contributed by atoms with E-state index in [1.165, 1.54) is 18.2 Å². The van der Waals surface area contributed by atoms with Gasteiger partial charge in [0.2, 0.25) is 0 Å². The monoisotopic (exact) mass is 768 g/mol. The molecule has 4 aromatic heterocycles. The number of nitrogens with zero attached hydrogens (tertiary/aromatic N) is 2. The largest absolute Gasteiger partial charge is 0.456 e. The number of aromatic nitrogens is 2. The van der Waals surface area contributed by atoms with Gasteiger partial charge in [-0.15, -0.1) is 0 Å². The second kappa shape index (κ2) is 11.6. The molecule has 4 nitrogen and oxygen atoms in total. The summed E-state index contributed by atoms with van der Waals surface area (Å²) in [5.74, 6) is -1.82. The minimum Gasteiger partial charge on any atom is -0.456 e. The molecule has 0 aliphatic rings. The van der Waals surface area contributed by atoms with E-state index < -0.39 is 28.9 Å². The van der Waals surface area contributed by atoms with Crippen molar-refractivity contribution in [3.05, 3.63) is 169 Å². The van der Waals surface area contributed by atoms with Crippen molar-refractivity contribution in [3.8, 4) is 22.5 Å². The number of benzene rings is 8. The molecule has 12 rings (SSSR count). The third-order valence-electron chi connectivity index (χ3n) is 11.5. The number of hydrogen-bond acceptors (Lipinski definition) is 2. The quantitative estimate of drug-likeness (QED) is 0.168. The van der Waals surface area contributed by atoms with Gasteiger partial charge in [0.05, 0.1) is 49.8 Å². The van der Waals surface area contributed by atoms with Gasteiger partial charge in [-0.2, -0.15) is 13.2 Å². The maximum atomic E-state index is 16.6. The lowest BCUT2D eigenvalue weighted by molar-refractivity contribution is -0.137. The topological polar surface area (TPSA) is 36.1 Å². The van der Waals surface area contributed by atoms with Gasteiger partial charge in [-0.25, -0.2) is 8.78 Å². The first-order valence-electron chi connectivity index (χ1n) is 18.6. The molecule has 278 valence electrons. The third-order valence-corrected chi connectivity index (χ3v) is 11.5. The Bertz CT molecular complexity index is 3480. The van der Waals surface area contributed by atoms with Crippen LogP contribution in [0.25, 0.3) is 110 Å². The number of furan rings is 2. The van der Waals surface area contributed by atoms with Gasteiger partial charge < -0.3 is 18.0 Å². The standard InChI is InChI=1S/C49H25F5N2O2/c50-33-14-9-15-34(51)43(33)26-24-37(55-35-16-5-1-10-27(35)29-20-22-41-44(47(29)55)31-12-3-7-18-39(31)57-41)46(49(52,53)54)38(25-26)56-36-17-6-2-11-28(36)30-21-23-42-45(48(30)56)32-13-4-8-19-40(32)58-42/h1-25H. The Morgan fingerprint density at radius 1 is 0.414 bits per heavy atom. The van der Waals surface area contributed by atoms with Crippen LogP contribution in [-0.2, 0) is 6.18 Å². The minimum absolute atomic E-state index is 0.0704. The molecule has 8 aromatic carbocycles. The Hall–Kier alpha value is -7.39. The molecule has 0 radical (unpaired) electrons. The van der Waals surface area contributed by atoms with Crippen LogP contribution in [0.15, 0.2) is 160 Å². The van der Waals surface area contributed by atoms with E-state index in [-0.39, 0.29) is 16.9 Å². The maximum Gasteiger partial charge on any atom is 0.420 e. The predicted octanol–water partition coefficient (Wildman–Crippen LogP) is 14.6. The fraction of sp³-hybridized carbons (Fsp3) is 0.0204. The van der Waals surface area contributed by atoms with Crippen LogP contribution in [0.3, 0.4) is 0 Å². The number of alkyl halides is 3. The van der Waals surface area contributed by atoms with Crippen LogP contribution >= 0.6 is 0 Å². The van der Waals surface area contributed by atoms with E-state index in [2.05, 4.69) is 0 Å². The lowest BCUT2D eigenvalue weighted by Gasteiger charge is -2.23. The van der Waals surface area contributed by atoms with Gasteiger partial charge in [0.1, 0.15) is 39.5 Å². The van der Waals surface area contributed by atoms with Crippen LogP contribution in [0.2, 0.25) is 0 Å². The first-order chi connectivity index (χ1) is 28.3. The highest BCUT2D eigenvalue weighted by atomic mass is 19.4. The van der Waals surface area contributed by atoms with Crippen LogP contribution in [0.4, 0.5) is 22.0 Å². The van der Waals surface area contributed by atoms with Crippen LogP contribution in [-0.4, -0.2) is 9.13 Å². The Morgan fingerprint density at radius 3 is 1.31 bits per heavy atom. The summed E-state index contributed by atoms with van der Waals surface area (Å²) >= 11 is 0. The van der Waals surface area contributed by atoms with E-state index in [0.29, 0.717) is 87.5 Å². The summed E-state index contributed by atoms with van der Waals surface area (Å²) in [4.78, 5) is 0. The van der Waals surface area contributed by atoms with Crippen molar-refractivity contribution in [2.24, 2.45) is 0 Å². The summed E-state index contributed by atoms with van der Waals surface area (Å²) in [5, 5.41) is 5.44. The molecule has 0 saturated heterocycles. The van der Waals surface area contributed by atoms with Crippen molar-refractivity contribution < 1.29 is 30.8 Å². The summed E-state index contributed by atoms with van der Waals surface area (Å²) in [6.07, 6.45) is -4.99. The third kappa shape index (κ3) is 4.38. The lowest BCUT2D eigenvalue weighted by atomic mass is 9.98. The van der Waals surface area contributed by atoms with E-state index >= 15 is 22.0 Å². The first kappa shape index (κ1) is 32.8. The van der Waals surface area contributed by atoms with Crippen molar-refractivity contribution in [2.75, 3.05) is 0 Å². The Labute approximate surface area is 324 Å². The molecular weight excluding hydrogens is 744 g/mol. The fourth-order valence-corrected chi connectivity index (χ4v) is 9.20. The molecule has 9 heteroatoms. The second-order valence-corrected chi connectivity index (χ2v) is 14.6. The molecular formula is C49H25F5N2O2. The smallest absolute Gasteiger partial charge is 0.420 e. The van der Waals surface area contributed by atoms with Crippen molar-refractivity contribution in [2.45, 2.75) is 6.18 Å². The van der Waals surface area contributed by atoms with Gasteiger partial charge in [-0.1, -0.05) is 78.9 Å². The van der Waals surface area contributed by atoms with Crippen molar-refractivity contribution in [1.82, 2.24) is 9.13 Å². The Balaban J connectivity index is 1.35. The molecule has 0 spiro atoms. The SMILES string of the molecule is Fc1cccc(F)c1-c1cc(-n2c3ccccc3c3ccc4oc5ccccc5c4c32)c(C(F)(F)F)c(-n2c3ccccc3c3ccc4oc5ccccc5c4c32)c1. The molecule has 0 saturated carbocycles. The molecule has 0 amide bonds. The zero-order chi connectivity index (χ0) is 39.0. The lowest BCUT2D eigenvalue weighted by Crippen LogP contribution is -2.16. The van der Waals surface area contributed by atoms with Crippen molar-refractivity contribution >= 4 is 87.5 Å². The molecule has 12 aromatic rings. The number of para-hydroxylation sites is 4. The number of halogens is 5. The van der Waals surface area contributed by atoms with Gasteiger partial charge >= 0.3 is 6.18 Å². The number of hydrogen-bond donors (Lipinski definition) is 0. The van der Waals surface area contributed by atoms with Gasteiger partial charge in [0.15, 0.2) is 0 Å². The summed E-state index contributed by atoms with van der Waals surface area (Å²) in [5.41, 5.74) is 1.89. The average Bonchev–Trinajstić information content (AvgIpc) is 3.97. The highest BCUT2D eigenvalue weighted by Crippen LogP contribution is 2.49. The van der Waals surface area contributed by atoms with E-state index in [1.807, 2.05) is 97.1 Å². The summed E-state index contributed by atoms with van der Waals surface area (Å²) in [6.45, 7) is 0. The van der Waals surface area contributed by atoms with E-state index in [9.17, 15) is 0 Å². The molecule has 0 N–H and O–H groups in total. The van der Waals surface area contributed by atoms with E-state index in [1.54, 1.807) is 33.4 Å². The molecule has 58 heavy (non-hydrogen) atoms. The van der Waals surface area contributed by atoms with Crippen LogP contribution in [0, 0.1) is 11.6 Å². The number of fused-ring (bicyclic) bond motifs is 14. The zero-order valence-electron chi connectivity index (χ0n) is 30.0. The van der Waals surface area contributed by atoms with Crippen LogP contribution in [0.5, 0.6) is 0 Å². The normalized spacial score (nSPS) is 12.6. The predicted molar refractivity (Wildman–Crippen MR) is 220 cm³/mol. The van der Waals surface area contributed by atoms with Gasteiger partial charge in [-0.05, 0) is 78.4 Å². The van der Waals surface area contributed by atoms with Gasteiger partial charge in [0, 0.05) is 32.3 Å². The van der Waals surface area contributed by atoms with Crippen molar-refractivity contribution in [3.63, 3.8) is 0 Å². The van der Waals surface area contributed by atoms with E-state index in [4.69, 9.17) is 8.83 Å². The number of rotatable bonds is 3. The molecule has 0 fully saturated rings.